The molecular formula is C18H37IN4O2. The van der Waals surface area contributed by atoms with Crippen molar-refractivity contribution in [2.45, 2.75) is 64.6 Å². The van der Waals surface area contributed by atoms with Crippen LogP contribution in [0.3, 0.4) is 0 Å². The van der Waals surface area contributed by atoms with Crippen LogP contribution in [0.2, 0.25) is 0 Å². The van der Waals surface area contributed by atoms with Gasteiger partial charge in [0.25, 0.3) is 0 Å². The zero-order valence-corrected chi connectivity index (χ0v) is 18.5. The molecule has 2 aliphatic heterocycles. The van der Waals surface area contributed by atoms with E-state index in [0.29, 0.717) is 12.6 Å². The van der Waals surface area contributed by atoms with Crippen molar-refractivity contribution in [1.29, 1.82) is 0 Å². The second-order valence-electron chi connectivity index (χ2n) is 6.86. The van der Waals surface area contributed by atoms with E-state index in [0.717, 1.165) is 45.2 Å². The summed E-state index contributed by atoms with van der Waals surface area (Å²) < 4.78 is 11.2. The first-order valence-corrected chi connectivity index (χ1v) is 9.71. The fourth-order valence-electron chi connectivity index (χ4n) is 3.40. The number of nitrogens with one attached hydrogen (secondary N) is 2. The Labute approximate surface area is 170 Å². The molecule has 0 saturated carbocycles. The highest BCUT2D eigenvalue weighted by Gasteiger charge is 2.21. The molecule has 148 valence electrons. The van der Waals surface area contributed by atoms with Gasteiger partial charge in [0, 0.05) is 25.2 Å². The van der Waals surface area contributed by atoms with E-state index < -0.39 is 0 Å². The molecule has 2 aliphatic rings. The van der Waals surface area contributed by atoms with Crippen LogP contribution in [0.1, 0.15) is 46.5 Å². The lowest BCUT2D eigenvalue weighted by Crippen LogP contribution is -2.46. The van der Waals surface area contributed by atoms with Gasteiger partial charge in [0.15, 0.2) is 5.96 Å². The minimum Gasteiger partial charge on any atom is -0.379 e. The standard InChI is InChI=1S/C18H36N4O2.HI/c1-4-19-18(20-12-16-8-6-7-10-22(16)5-2)21-15(3)13-24-17-9-11-23-14-17;/h15-17H,4-14H2,1-3H3,(H2,19,20,21);1H. The Morgan fingerprint density at radius 3 is 2.84 bits per heavy atom. The zero-order valence-electron chi connectivity index (χ0n) is 16.1. The van der Waals surface area contributed by atoms with E-state index in [-0.39, 0.29) is 36.1 Å². The first-order valence-electron chi connectivity index (χ1n) is 9.71. The van der Waals surface area contributed by atoms with E-state index in [1.807, 2.05) is 0 Å². The van der Waals surface area contributed by atoms with Gasteiger partial charge in [0.2, 0.25) is 0 Å². The van der Waals surface area contributed by atoms with Gasteiger partial charge >= 0.3 is 0 Å². The molecule has 0 spiro atoms. The summed E-state index contributed by atoms with van der Waals surface area (Å²) >= 11 is 0. The molecule has 3 unspecified atom stereocenters. The first-order chi connectivity index (χ1) is 11.7. The molecule has 0 aliphatic carbocycles. The van der Waals surface area contributed by atoms with Gasteiger partial charge in [-0.15, -0.1) is 24.0 Å². The van der Waals surface area contributed by atoms with E-state index in [1.54, 1.807) is 0 Å². The van der Waals surface area contributed by atoms with Crippen molar-refractivity contribution in [2.24, 2.45) is 4.99 Å². The number of likely N-dealkylation sites (N-methyl/N-ethyl adjacent to an activating group) is 1. The summed E-state index contributed by atoms with van der Waals surface area (Å²) in [5.41, 5.74) is 0. The summed E-state index contributed by atoms with van der Waals surface area (Å²) in [6, 6.07) is 0.818. The Kier molecular flexibility index (Phi) is 12.0. The molecule has 2 fully saturated rings. The highest BCUT2D eigenvalue weighted by Crippen LogP contribution is 2.16. The van der Waals surface area contributed by atoms with Crippen LogP contribution in [0.4, 0.5) is 0 Å². The Hall–Kier alpha value is -0.120. The van der Waals surface area contributed by atoms with Crippen molar-refractivity contribution >= 4 is 29.9 Å². The van der Waals surface area contributed by atoms with Crippen LogP contribution in [0, 0.1) is 0 Å². The predicted octanol–water partition coefficient (Wildman–Crippen LogP) is 2.23. The maximum Gasteiger partial charge on any atom is 0.191 e. The number of halogens is 1. The summed E-state index contributed by atoms with van der Waals surface area (Å²) in [5.74, 6) is 0.901. The number of ether oxygens (including phenoxy) is 2. The lowest BCUT2D eigenvalue weighted by Gasteiger charge is -2.34. The molecule has 2 rings (SSSR count). The Morgan fingerprint density at radius 2 is 2.16 bits per heavy atom. The SMILES string of the molecule is CCNC(=NCC1CCCCN1CC)NC(C)COC1CCOC1.I. The fourth-order valence-corrected chi connectivity index (χ4v) is 3.40. The van der Waals surface area contributed by atoms with Crippen molar-refractivity contribution in [3.63, 3.8) is 0 Å². The topological polar surface area (TPSA) is 58.1 Å². The number of piperidine rings is 1. The maximum atomic E-state index is 5.89. The third kappa shape index (κ3) is 8.41. The maximum absolute atomic E-state index is 5.89. The van der Waals surface area contributed by atoms with E-state index >= 15 is 0 Å². The minimum atomic E-state index is 0. The third-order valence-electron chi connectivity index (χ3n) is 4.81. The zero-order chi connectivity index (χ0) is 17.2. The largest absolute Gasteiger partial charge is 0.379 e. The lowest BCUT2D eigenvalue weighted by atomic mass is 10.0. The van der Waals surface area contributed by atoms with Crippen molar-refractivity contribution in [2.75, 3.05) is 46.0 Å². The summed E-state index contributed by atoms with van der Waals surface area (Å²) in [5, 5.41) is 6.82. The van der Waals surface area contributed by atoms with Gasteiger partial charge in [-0.05, 0) is 46.2 Å². The molecule has 0 amide bonds. The van der Waals surface area contributed by atoms with Crippen LogP contribution in [-0.4, -0.2) is 75.0 Å². The molecule has 2 heterocycles. The summed E-state index contributed by atoms with van der Waals surface area (Å²) in [4.78, 5) is 7.39. The van der Waals surface area contributed by atoms with Crippen LogP contribution in [0.15, 0.2) is 4.99 Å². The summed E-state index contributed by atoms with van der Waals surface area (Å²) in [6.45, 7) is 12.8. The molecule has 25 heavy (non-hydrogen) atoms. The Bertz CT molecular complexity index is 378. The quantitative estimate of drug-likeness (QED) is 0.325. The van der Waals surface area contributed by atoms with Gasteiger partial charge in [0.05, 0.1) is 25.9 Å². The van der Waals surface area contributed by atoms with E-state index in [9.17, 15) is 0 Å². The average molecular weight is 468 g/mol. The van der Waals surface area contributed by atoms with Gasteiger partial charge in [-0.1, -0.05) is 13.3 Å². The predicted molar refractivity (Wildman–Crippen MR) is 114 cm³/mol. The Balaban J connectivity index is 0.00000312. The lowest BCUT2D eigenvalue weighted by molar-refractivity contribution is 0.0347. The molecule has 0 bridgehead atoms. The summed E-state index contributed by atoms with van der Waals surface area (Å²) in [6.07, 6.45) is 5.18. The van der Waals surface area contributed by atoms with Crippen LogP contribution in [-0.2, 0) is 9.47 Å². The third-order valence-corrected chi connectivity index (χ3v) is 4.81. The molecule has 6 nitrogen and oxygen atoms in total. The van der Waals surface area contributed by atoms with E-state index in [2.05, 4.69) is 36.3 Å². The van der Waals surface area contributed by atoms with Crippen molar-refractivity contribution < 1.29 is 9.47 Å². The van der Waals surface area contributed by atoms with Gasteiger partial charge in [-0.3, -0.25) is 9.89 Å². The fraction of sp³-hybridized carbons (Fsp3) is 0.944. The van der Waals surface area contributed by atoms with Crippen LogP contribution in [0.5, 0.6) is 0 Å². The van der Waals surface area contributed by atoms with Gasteiger partial charge < -0.3 is 20.1 Å². The molecule has 2 N–H and O–H groups in total. The number of guanidine groups is 1. The average Bonchev–Trinajstić information content (AvgIpc) is 3.12. The molecular weight excluding hydrogens is 431 g/mol. The second-order valence-corrected chi connectivity index (χ2v) is 6.86. The number of hydrogen-bond donors (Lipinski definition) is 2. The number of likely N-dealkylation sites (tertiary alicyclic amines) is 1. The van der Waals surface area contributed by atoms with Gasteiger partial charge in [-0.25, -0.2) is 0 Å². The molecule has 0 aromatic rings. The van der Waals surface area contributed by atoms with Crippen molar-refractivity contribution in [3.05, 3.63) is 0 Å². The van der Waals surface area contributed by atoms with Crippen LogP contribution >= 0.6 is 24.0 Å². The number of rotatable bonds is 8. The molecule has 2 saturated heterocycles. The molecule has 3 atom stereocenters. The van der Waals surface area contributed by atoms with Gasteiger partial charge in [-0.2, -0.15) is 0 Å². The Morgan fingerprint density at radius 1 is 1.32 bits per heavy atom. The second kappa shape index (κ2) is 13.1. The number of aliphatic imine (C=N–C) groups is 1. The highest BCUT2D eigenvalue weighted by atomic mass is 127. The smallest absolute Gasteiger partial charge is 0.191 e. The molecule has 0 aromatic carbocycles. The molecule has 7 heteroatoms. The number of hydrogen-bond acceptors (Lipinski definition) is 4. The van der Waals surface area contributed by atoms with E-state index in [1.165, 1.54) is 25.8 Å². The van der Waals surface area contributed by atoms with Crippen LogP contribution < -0.4 is 10.6 Å². The first kappa shape index (κ1) is 22.9. The van der Waals surface area contributed by atoms with Gasteiger partial charge in [0.1, 0.15) is 0 Å². The number of nitrogens with zero attached hydrogens (tertiary/aromatic N) is 2. The highest BCUT2D eigenvalue weighted by molar-refractivity contribution is 14.0. The van der Waals surface area contributed by atoms with Crippen molar-refractivity contribution in [1.82, 2.24) is 15.5 Å². The minimum absolute atomic E-state index is 0. The normalized spacial score (nSPS) is 26.1. The molecule has 0 aromatic heterocycles. The monoisotopic (exact) mass is 468 g/mol. The van der Waals surface area contributed by atoms with E-state index in [4.69, 9.17) is 14.5 Å². The molecule has 0 radical (unpaired) electrons. The summed E-state index contributed by atoms with van der Waals surface area (Å²) in [7, 11) is 0. The van der Waals surface area contributed by atoms with Crippen LogP contribution in [0.25, 0.3) is 0 Å². The van der Waals surface area contributed by atoms with Crippen molar-refractivity contribution in [3.8, 4) is 0 Å².